The van der Waals surface area contributed by atoms with Crippen molar-refractivity contribution in [3.05, 3.63) is 92.1 Å². The fourth-order valence-corrected chi connectivity index (χ4v) is 3.85. The highest BCUT2D eigenvalue weighted by molar-refractivity contribution is 6.31. The fourth-order valence-electron chi connectivity index (χ4n) is 3.65. The van der Waals surface area contributed by atoms with E-state index in [4.69, 9.17) is 11.6 Å². The molecule has 6 nitrogen and oxygen atoms in total. The standard InChI is InChI=1S/C22H18ClFN4O2/c23-18-4-2-1-3-15(18)12-26-13-25-20-19(26)21(29)27(11-14-5-6-14)22(30)28(20)17-9-7-16(24)8-10-17/h1-4,7-10,13-14H,5-6,11-12H2. The summed E-state index contributed by atoms with van der Waals surface area (Å²) in [5, 5.41) is 0.588. The van der Waals surface area contributed by atoms with Gasteiger partial charge in [-0.25, -0.2) is 18.7 Å². The van der Waals surface area contributed by atoms with Gasteiger partial charge in [-0.05, 0) is 54.7 Å². The molecule has 2 aromatic heterocycles. The van der Waals surface area contributed by atoms with Gasteiger partial charge in [0, 0.05) is 11.6 Å². The van der Waals surface area contributed by atoms with E-state index in [-0.39, 0.29) is 11.2 Å². The number of hydrogen-bond acceptors (Lipinski definition) is 3. The summed E-state index contributed by atoms with van der Waals surface area (Å²) in [6, 6.07) is 13.0. The second kappa shape index (κ2) is 7.25. The van der Waals surface area contributed by atoms with E-state index < -0.39 is 11.5 Å². The summed E-state index contributed by atoms with van der Waals surface area (Å²) in [4.78, 5) is 30.9. The Labute approximate surface area is 175 Å². The monoisotopic (exact) mass is 424 g/mol. The van der Waals surface area contributed by atoms with E-state index in [0.29, 0.717) is 35.2 Å². The maximum absolute atomic E-state index is 13.4. The van der Waals surface area contributed by atoms with Gasteiger partial charge >= 0.3 is 5.69 Å². The highest BCUT2D eigenvalue weighted by Gasteiger charge is 2.26. The van der Waals surface area contributed by atoms with E-state index >= 15 is 0 Å². The predicted octanol–water partition coefficient (Wildman–Crippen LogP) is 3.60. The lowest BCUT2D eigenvalue weighted by atomic mass is 10.2. The lowest BCUT2D eigenvalue weighted by molar-refractivity contribution is 0.567. The van der Waals surface area contributed by atoms with Crippen molar-refractivity contribution >= 4 is 22.8 Å². The van der Waals surface area contributed by atoms with Crippen LogP contribution in [0.25, 0.3) is 16.9 Å². The zero-order valence-corrected chi connectivity index (χ0v) is 16.7. The van der Waals surface area contributed by atoms with Crippen molar-refractivity contribution < 1.29 is 4.39 Å². The fraction of sp³-hybridized carbons (Fsp3) is 0.227. The number of nitrogens with zero attached hydrogens (tertiary/aromatic N) is 4. The van der Waals surface area contributed by atoms with Gasteiger partial charge in [0.15, 0.2) is 11.2 Å². The van der Waals surface area contributed by atoms with E-state index in [1.807, 2.05) is 18.2 Å². The second-order valence-electron chi connectivity index (χ2n) is 7.59. The Hall–Kier alpha value is -3.19. The Morgan fingerprint density at radius 2 is 1.80 bits per heavy atom. The third-order valence-corrected chi connectivity index (χ3v) is 5.79. The average Bonchev–Trinajstić information content (AvgIpc) is 3.47. The Balaban J connectivity index is 1.76. The minimum atomic E-state index is -0.464. The third-order valence-electron chi connectivity index (χ3n) is 5.42. The molecule has 0 aliphatic heterocycles. The highest BCUT2D eigenvalue weighted by Crippen LogP contribution is 2.30. The van der Waals surface area contributed by atoms with Gasteiger partial charge in [-0.1, -0.05) is 29.8 Å². The number of aromatic nitrogens is 4. The molecule has 0 saturated heterocycles. The number of hydrogen-bond donors (Lipinski definition) is 0. The molecule has 0 radical (unpaired) electrons. The summed E-state index contributed by atoms with van der Waals surface area (Å²) in [7, 11) is 0. The first-order valence-corrected chi connectivity index (χ1v) is 10.1. The molecule has 30 heavy (non-hydrogen) atoms. The van der Waals surface area contributed by atoms with Crippen LogP contribution in [-0.2, 0) is 13.1 Å². The predicted molar refractivity (Wildman–Crippen MR) is 113 cm³/mol. The largest absolute Gasteiger partial charge is 0.337 e. The van der Waals surface area contributed by atoms with Crippen LogP contribution in [0.1, 0.15) is 18.4 Å². The zero-order valence-electron chi connectivity index (χ0n) is 16.0. The molecule has 8 heteroatoms. The molecular formula is C22H18ClFN4O2. The molecule has 1 saturated carbocycles. The van der Waals surface area contributed by atoms with Crippen LogP contribution < -0.4 is 11.2 Å². The number of imidazole rings is 1. The normalized spacial score (nSPS) is 13.8. The van der Waals surface area contributed by atoms with Crippen LogP contribution >= 0.6 is 11.6 Å². The molecule has 5 rings (SSSR count). The maximum atomic E-state index is 13.4. The van der Waals surface area contributed by atoms with Gasteiger partial charge in [0.1, 0.15) is 5.82 Å². The molecule has 0 amide bonds. The van der Waals surface area contributed by atoms with Gasteiger partial charge in [-0.3, -0.25) is 9.36 Å². The van der Waals surface area contributed by atoms with Crippen LogP contribution in [0.3, 0.4) is 0 Å². The van der Waals surface area contributed by atoms with Gasteiger partial charge < -0.3 is 4.57 Å². The molecule has 1 aliphatic rings. The minimum Gasteiger partial charge on any atom is -0.320 e. The number of rotatable bonds is 5. The number of fused-ring (bicyclic) bond motifs is 1. The van der Waals surface area contributed by atoms with Crippen molar-refractivity contribution in [1.29, 1.82) is 0 Å². The van der Waals surface area contributed by atoms with Crippen molar-refractivity contribution in [3.63, 3.8) is 0 Å². The Kier molecular flexibility index (Phi) is 4.55. The smallest absolute Gasteiger partial charge is 0.320 e. The van der Waals surface area contributed by atoms with Crippen LogP contribution in [0.5, 0.6) is 0 Å². The molecule has 0 atom stereocenters. The van der Waals surface area contributed by atoms with Crippen LogP contribution in [0.15, 0.2) is 64.4 Å². The molecule has 0 bridgehead atoms. The third kappa shape index (κ3) is 3.25. The number of halogens is 2. The molecule has 0 N–H and O–H groups in total. The molecular weight excluding hydrogens is 407 g/mol. The van der Waals surface area contributed by atoms with Crippen LogP contribution in [0.2, 0.25) is 5.02 Å². The second-order valence-corrected chi connectivity index (χ2v) is 8.00. The summed E-state index contributed by atoms with van der Waals surface area (Å²) < 4.78 is 17.8. The Bertz CT molecular complexity index is 1370. The van der Waals surface area contributed by atoms with E-state index in [2.05, 4.69) is 4.98 Å². The first-order valence-electron chi connectivity index (χ1n) is 9.73. The summed E-state index contributed by atoms with van der Waals surface area (Å²) >= 11 is 6.30. The molecule has 2 aromatic carbocycles. The molecule has 0 unspecified atom stereocenters. The molecule has 152 valence electrons. The molecule has 4 aromatic rings. The van der Waals surface area contributed by atoms with Gasteiger partial charge in [-0.2, -0.15) is 0 Å². The first kappa shape index (κ1) is 18.8. The Morgan fingerprint density at radius 3 is 2.50 bits per heavy atom. The number of benzene rings is 2. The molecule has 0 spiro atoms. The van der Waals surface area contributed by atoms with Crippen LogP contribution in [0, 0.1) is 11.7 Å². The zero-order chi connectivity index (χ0) is 20.8. The van der Waals surface area contributed by atoms with Gasteiger partial charge in [0.05, 0.1) is 18.6 Å². The van der Waals surface area contributed by atoms with Crippen molar-refractivity contribution in [1.82, 2.24) is 18.7 Å². The van der Waals surface area contributed by atoms with E-state index in [0.717, 1.165) is 18.4 Å². The quantitative estimate of drug-likeness (QED) is 0.492. The van der Waals surface area contributed by atoms with Gasteiger partial charge in [0.2, 0.25) is 0 Å². The van der Waals surface area contributed by atoms with Crippen molar-refractivity contribution in [2.75, 3.05) is 0 Å². The maximum Gasteiger partial charge on any atom is 0.337 e. The molecule has 2 heterocycles. The summed E-state index contributed by atoms with van der Waals surface area (Å²) in [6.45, 7) is 0.711. The Morgan fingerprint density at radius 1 is 1.07 bits per heavy atom. The average molecular weight is 425 g/mol. The first-order chi connectivity index (χ1) is 14.5. The lowest BCUT2D eigenvalue weighted by Crippen LogP contribution is -2.40. The summed E-state index contributed by atoms with van der Waals surface area (Å²) in [5.74, 6) is -0.0759. The van der Waals surface area contributed by atoms with E-state index in [1.165, 1.54) is 39.7 Å². The van der Waals surface area contributed by atoms with Gasteiger partial charge in [-0.15, -0.1) is 0 Å². The van der Waals surface area contributed by atoms with E-state index in [9.17, 15) is 14.0 Å². The van der Waals surface area contributed by atoms with Crippen molar-refractivity contribution in [3.8, 4) is 5.69 Å². The van der Waals surface area contributed by atoms with Crippen molar-refractivity contribution in [2.24, 2.45) is 5.92 Å². The van der Waals surface area contributed by atoms with Crippen LogP contribution in [-0.4, -0.2) is 18.7 Å². The van der Waals surface area contributed by atoms with Crippen molar-refractivity contribution in [2.45, 2.75) is 25.9 Å². The minimum absolute atomic E-state index is 0.246. The molecule has 1 fully saturated rings. The topological polar surface area (TPSA) is 61.8 Å². The van der Waals surface area contributed by atoms with E-state index in [1.54, 1.807) is 10.6 Å². The van der Waals surface area contributed by atoms with Gasteiger partial charge in [0.25, 0.3) is 5.56 Å². The highest BCUT2D eigenvalue weighted by atomic mass is 35.5. The lowest BCUT2D eigenvalue weighted by Gasteiger charge is -2.13. The molecule has 1 aliphatic carbocycles. The SMILES string of the molecule is O=c1c2c(ncn2Cc2ccccc2Cl)n(-c2ccc(F)cc2)c(=O)n1CC1CC1. The summed E-state index contributed by atoms with van der Waals surface area (Å²) in [5.41, 5.74) is 1.03. The summed E-state index contributed by atoms with van der Waals surface area (Å²) in [6.07, 6.45) is 3.54. The van der Waals surface area contributed by atoms with Crippen LogP contribution in [0.4, 0.5) is 4.39 Å².